The smallest absolute Gasteiger partial charge is 0.328 e. The van der Waals surface area contributed by atoms with E-state index in [4.69, 9.17) is 0 Å². The number of rotatable bonds is 3. The minimum absolute atomic E-state index is 0.294. The van der Waals surface area contributed by atoms with Gasteiger partial charge in [0.2, 0.25) is 0 Å². The molecule has 0 unspecified atom stereocenters. The van der Waals surface area contributed by atoms with Crippen molar-refractivity contribution in [2.75, 3.05) is 31.1 Å². The fourth-order valence-electron chi connectivity index (χ4n) is 5.19. The molecule has 0 saturated carbocycles. The van der Waals surface area contributed by atoms with E-state index in [-0.39, 0.29) is 11.2 Å². The van der Waals surface area contributed by atoms with Crippen LogP contribution in [0.4, 0.5) is 5.69 Å². The van der Waals surface area contributed by atoms with E-state index < -0.39 is 0 Å². The van der Waals surface area contributed by atoms with E-state index in [0.717, 1.165) is 54.1 Å². The van der Waals surface area contributed by atoms with Gasteiger partial charge in [0.15, 0.2) is 0 Å². The van der Waals surface area contributed by atoms with E-state index in [1.54, 1.807) is 4.57 Å². The van der Waals surface area contributed by atoms with E-state index in [2.05, 4.69) is 34.3 Å². The summed E-state index contributed by atoms with van der Waals surface area (Å²) in [5.74, 6) is 1.20. The topological polar surface area (TPSA) is 70.1 Å². The number of hydrogen-bond acceptors (Lipinski definition) is 4. The first kappa shape index (κ1) is 18.2. The molecule has 3 aromatic rings. The Labute approximate surface area is 169 Å². The summed E-state index contributed by atoms with van der Waals surface area (Å²) in [6.07, 6.45) is 0. The molecule has 29 heavy (non-hydrogen) atoms. The molecule has 0 spiro atoms. The molecule has 2 N–H and O–H groups in total. The standard InChI is InChI=1S/C23H26N4O2/c1-3-27-18-9-14(2)19(15-7-5-4-6-8-15)21(20(18)22(28)25-23(27)29)26-12-16-10-24-11-17(16)13-26/h4-9,16-17,24H,3,10-13H2,1-2H3,(H,25,28,29)/t16-,17+. The molecular formula is C23H26N4O2. The lowest BCUT2D eigenvalue weighted by Crippen LogP contribution is -2.33. The highest BCUT2D eigenvalue weighted by molar-refractivity contribution is 6.02. The van der Waals surface area contributed by atoms with Crippen molar-refractivity contribution in [3.05, 3.63) is 62.8 Å². The van der Waals surface area contributed by atoms with Crippen LogP contribution in [0, 0.1) is 18.8 Å². The van der Waals surface area contributed by atoms with Crippen molar-refractivity contribution >= 4 is 16.6 Å². The maximum atomic E-state index is 13.1. The first-order valence-electron chi connectivity index (χ1n) is 10.4. The van der Waals surface area contributed by atoms with E-state index >= 15 is 0 Å². The van der Waals surface area contributed by atoms with E-state index in [1.165, 1.54) is 0 Å². The van der Waals surface area contributed by atoms with Gasteiger partial charge in [0, 0.05) is 38.3 Å². The average molecular weight is 390 g/mol. The third kappa shape index (κ3) is 2.82. The normalized spacial score (nSPS) is 21.1. The fraction of sp³-hybridized carbons (Fsp3) is 0.391. The number of nitrogens with zero attached hydrogens (tertiary/aromatic N) is 2. The number of H-pyrrole nitrogens is 1. The van der Waals surface area contributed by atoms with Crippen molar-refractivity contribution < 1.29 is 0 Å². The van der Waals surface area contributed by atoms with Crippen molar-refractivity contribution in [1.82, 2.24) is 14.9 Å². The Hall–Kier alpha value is -2.86. The van der Waals surface area contributed by atoms with Crippen molar-refractivity contribution in [1.29, 1.82) is 0 Å². The summed E-state index contributed by atoms with van der Waals surface area (Å²) in [6, 6.07) is 12.3. The second-order valence-corrected chi connectivity index (χ2v) is 8.26. The number of benzene rings is 2. The molecule has 2 aliphatic heterocycles. The first-order chi connectivity index (χ1) is 14.1. The van der Waals surface area contributed by atoms with Gasteiger partial charge in [-0.05, 0) is 42.9 Å². The van der Waals surface area contributed by atoms with Crippen LogP contribution in [0.3, 0.4) is 0 Å². The molecule has 2 saturated heterocycles. The maximum Gasteiger partial charge on any atom is 0.328 e. The summed E-state index contributed by atoms with van der Waals surface area (Å²) in [6.45, 7) is 8.45. The Bertz CT molecular complexity index is 1180. The molecule has 0 radical (unpaired) electrons. The zero-order valence-corrected chi connectivity index (χ0v) is 16.9. The second kappa shape index (κ2) is 6.88. The van der Waals surface area contributed by atoms with Gasteiger partial charge in [-0.1, -0.05) is 30.3 Å². The first-order valence-corrected chi connectivity index (χ1v) is 10.4. The molecule has 5 rings (SSSR count). The summed E-state index contributed by atoms with van der Waals surface area (Å²) >= 11 is 0. The number of nitrogens with one attached hydrogen (secondary N) is 2. The lowest BCUT2D eigenvalue weighted by Gasteiger charge is -2.27. The van der Waals surface area contributed by atoms with E-state index in [9.17, 15) is 9.59 Å². The van der Waals surface area contributed by atoms with Crippen molar-refractivity contribution in [2.24, 2.45) is 11.8 Å². The quantitative estimate of drug-likeness (QED) is 0.720. The maximum absolute atomic E-state index is 13.1. The van der Waals surface area contributed by atoms with Gasteiger partial charge < -0.3 is 10.2 Å². The van der Waals surface area contributed by atoms with Crippen LogP contribution in [-0.2, 0) is 6.54 Å². The Kier molecular flexibility index (Phi) is 4.32. The van der Waals surface area contributed by atoms with Crippen LogP contribution < -0.4 is 21.5 Å². The highest BCUT2D eigenvalue weighted by Crippen LogP contribution is 2.42. The number of fused-ring (bicyclic) bond motifs is 2. The molecule has 2 aromatic carbocycles. The lowest BCUT2D eigenvalue weighted by molar-refractivity contribution is 0.533. The fourth-order valence-corrected chi connectivity index (χ4v) is 5.19. The van der Waals surface area contributed by atoms with Crippen LogP contribution in [-0.4, -0.2) is 35.7 Å². The SMILES string of the molecule is CCn1c(=O)[nH]c(=O)c2c(N3C[C@H]4CNC[C@H]4C3)c(-c3ccccc3)c(C)cc21. The van der Waals surface area contributed by atoms with Crippen LogP contribution in [0.15, 0.2) is 46.0 Å². The van der Waals surface area contributed by atoms with Gasteiger partial charge in [0.05, 0.1) is 16.6 Å². The molecule has 6 heteroatoms. The van der Waals surface area contributed by atoms with Gasteiger partial charge in [-0.2, -0.15) is 0 Å². The predicted octanol–water partition coefficient (Wildman–Crippen LogP) is 2.34. The second-order valence-electron chi connectivity index (χ2n) is 8.26. The number of aromatic nitrogens is 2. The zero-order chi connectivity index (χ0) is 20.1. The molecule has 3 heterocycles. The Balaban J connectivity index is 1.86. The molecule has 1 aromatic heterocycles. The summed E-state index contributed by atoms with van der Waals surface area (Å²) < 4.78 is 1.67. The highest BCUT2D eigenvalue weighted by Gasteiger charge is 2.38. The third-order valence-electron chi connectivity index (χ3n) is 6.55. The van der Waals surface area contributed by atoms with E-state index in [0.29, 0.717) is 23.8 Å². The van der Waals surface area contributed by atoms with Crippen LogP contribution in [0.25, 0.3) is 22.0 Å². The van der Waals surface area contributed by atoms with Crippen molar-refractivity contribution in [2.45, 2.75) is 20.4 Å². The average Bonchev–Trinajstić information content (AvgIpc) is 3.30. The number of aryl methyl sites for hydroxylation is 2. The van der Waals surface area contributed by atoms with Crippen LogP contribution in [0.1, 0.15) is 12.5 Å². The third-order valence-corrected chi connectivity index (χ3v) is 6.55. The summed E-state index contributed by atoms with van der Waals surface area (Å²) in [5.41, 5.74) is 4.35. The lowest BCUT2D eigenvalue weighted by atomic mass is 9.95. The van der Waals surface area contributed by atoms with Gasteiger partial charge in [-0.15, -0.1) is 0 Å². The number of anilines is 1. The van der Waals surface area contributed by atoms with Crippen LogP contribution in [0.2, 0.25) is 0 Å². The van der Waals surface area contributed by atoms with Gasteiger partial charge in [0.25, 0.3) is 5.56 Å². The van der Waals surface area contributed by atoms with Gasteiger partial charge >= 0.3 is 5.69 Å². The minimum Gasteiger partial charge on any atom is -0.370 e. The van der Waals surface area contributed by atoms with Crippen LogP contribution >= 0.6 is 0 Å². The summed E-state index contributed by atoms with van der Waals surface area (Å²) in [4.78, 5) is 30.4. The molecular weight excluding hydrogens is 364 g/mol. The molecule has 2 aliphatic rings. The Morgan fingerprint density at radius 3 is 2.41 bits per heavy atom. The molecule has 0 amide bonds. The molecule has 6 nitrogen and oxygen atoms in total. The predicted molar refractivity (Wildman–Crippen MR) is 117 cm³/mol. The van der Waals surface area contributed by atoms with Gasteiger partial charge in [-0.25, -0.2) is 4.79 Å². The Morgan fingerprint density at radius 2 is 1.76 bits per heavy atom. The summed E-state index contributed by atoms with van der Waals surface area (Å²) in [7, 11) is 0. The minimum atomic E-state index is -0.342. The van der Waals surface area contributed by atoms with Crippen molar-refractivity contribution in [3.63, 3.8) is 0 Å². The molecule has 0 aliphatic carbocycles. The number of aromatic amines is 1. The van der Waals surface area contributed by atoms with Crippen LogP contribution in [0.5, 0.6) is 0 Å². The summed E-state index contributed by atoms with van der Waals surface area (Å²) in [5, 5.41) is 4.12. The molecule has 2 atom stereocenters. The van der Waals surface area contributed by atoms with Crippen molar-refractivity contribution in [3.8, 4) is 11.1 Å². The monoisotopic (exact) mass is 390 g/mol. The highest BCUT2D eigenvalue weighted by atomic mass is 16.2. The zero-order valence-electron chi connectivity index (χ0n) is 16.9. The number of hydrogen-bond donors (Lipinski definition) is 2. The Morgan fingerprint density at radius 1 is 1.07 bits per heavy atom. The molecule has 150 valence electrons. The largest absolute Gasteiger partial charge is 0.370 e. The van der Waals surface area contributed by atoms with E-state index in [1.807, 2.05) is 31.2 Å². The molecule has 2 fully saturated rings. The van der Waals surface area contributed by atoms with Gasteiger partial charge in [0.1, 0.15) is 0 Å². The molecule has 0 bridgehead atoms. The van der Waals surface area contributed by atoms with Gasteiger partial charge in [-0.3, -0.25) is 14.3 Å².